The van der Waals surface area contributed by atoms with Gasteiger partial charge in [-0.15, -0.1) is 0 Å². The first-order valence-electron chi connectivity index (χ1n) is 5.52. The van der Waals surface area contributed by atoms with Crippen molar-refractivity contribution in [3.05, 3.63) is 0 Å². The Morgan fingerprint density at radius 2 is 0.783 bits per heavy atom. The van der Waals surface area contributed by atoms with Gasteiger partial charge in [0.15, 0.2) is 0 Å². The van der Waals surface area contributed by atoms with E-state index in [9.17, 15) is 19.2 Å². The van der Waals surface area contributed by atoms with Crippen LogP contribution in [-0.2, 0) is 19.2 Å². The van der Waals surface area contributed by atoms with Gasteiger partial charge in [-0.1, -0.05) is 0 Å². The van der Waals surface area contributed by atoms with Crippen LogP contribution in [0.5, 0.6) is 0 Å². The van der Waals surface area contributed by atoms with E-state index in [2.05, 4.69) is 0 Å². The smallest absolute Gasteiger partial charge is 1.00 e. The minimum Gasteiger partial charge on any atom is -1.00 e. The van der Waals surface area contributed by atoms with Gasteiger partial charge in [0.05, 0.1) is 26.2 Å². The molecule has 0 saturated carbocycles. The van der Waals surface area contributed by atoms with E-state index in [4.69, 9.17) is 20.4 Å². The molecule has 0 rings (SSSR count). The molecule has 0 unspecified atom stereocenters. The molecule has 122 valence electrons. The van der Waals surface area contributed by atoms with E-state index in [0.29, 0.717) is 0 Å². The first-order valence-corrected chi connectivity index (χ1v) is 5.52. The van der Waals surface area contributed by atoms with E-state index in [1.807, 2.05) is 0 Å². The first-order chi connectivity index (χ1) is 9.20. The van der Waals surface area contributed by atoms with Crippen LogP contribution in [0.3, 0.4) is 0 Å². The maximum absolute atomic E-state index is 10.6. The van der Waals surface area contributed by atoms with Crippen LogP contribution < -0.4 is 103 Å². The van der Waals surface area contributed by atoms with Crippen molar-refractivity contribution in [2.45, 2.75) is 0 Å². The molecule has 0 heterocycles. The van der Waals surface area contributed by atoms with E-state index in [1.54, 1.807) is 0 Å². The van der Waals surface area contributed by atoms with E-state index in [-0.39, 0.29) is 145 Å². The van der Waals surface area contributed by atoms with Crippen molar-refractivity contribution in [1.29, 1.82) is 0 Å². The van der Waals surface area contributed by atoms with E-state index in [1.165, 1.54) is 0 Å². The number of hydrogen-bond donors (Lipinski definition) is 4. The largest absolute Gasteiger partial charge is 2.00 e. The summed E-state index contributed by atoms with van der Waals surface area (Å²) in [6.45, 7) is -2.25. The summed E-state index contributed by atoms with van der Waals surface area (Å²) < 4.78 is 0. The summed E-state index contributed by atoms with van der Waals surface area (Å²) >= 11 is 0. The van der Waals surface area contributed by atoms with Crippen LogP contribution in [0, 0.1) is 0 Å². The fraction of sp³-hybridized carbons (Fsp3) is 0.600. The Morgan fingerprint density at radius 3 is 0.913 bits per heavy atom. The second-order valence-electron chi connectivity index (χ2n) is 4.00. The normalized spacial score (nSPS) is 9.30. The number of nitrogens with zero attached hydrogens (tertiary/aromatic N) is 2. The molecule has 0 fully saturated rings. The quantitative estimate of drug-likeness (QED) is 0.246. The van der Waals surface area contributed by atoms with Gasteiger partial charge in [-0.25, -0.2) is 0 Å². The molecule has 0 aromatic rings. The molecule has 0 bridgehead atoms. The molecule has 0 aromatic carbocycles. The van der Waals surface area contributed by atoms with Crippen molar-refractivity contribution in [1.82, 2.24) is 9.80 Å². The average Bonchev–Trinajstić information content (AvgIpc) is 2.22. The monoisotopic (exact) mass is 398 g/mol. The SMILES string of the molecule is O=C(O)CN(CCN(CC(=O)O)CC(=O)O)CC(=O)O.[H-].[H-].[H-].[H-].[K+].[K+].[Mg+2]. The number of hydrogen-bond acceptors (Lipinski definition) is 6. The molecule has 0 aliphatic carbocycles. The number of carboxylic acids is 4. The summed E-state index contributed by atoms with van der Waals surface area (Å²) in [6.07, 6.45) is 0. The van der Waals surface area contributed by atoms with Gasteiger partial charge in [-0.2, -0.15) is 0 Å². The Labute approximate surface area is 239 Å². The molecule has 23 heavy (non-hydrogen) atoms. The number of rotatable bonds is 11. The molecule has 0 spiro atoms. The minimum absolute atomic E-state index is 0. The minimum atomic E-state index is -1.23. The van der Waals surface area contributed by atoms with Gasteiger partial charge in [-0.3, -0.25) is 29.0 Å². The van der Waals surface area contributed by atoms with Crippen LogP contribution in [0.25, 0.3) is 0 Å². The fourth-order valence-corrected chi connectivity index (χ4v) is 1.48. The zero-order chi connectivity index (χ0) is 15.7. The van der Waals surface area contributed by atoms with Crippen molar-refractivity contribution in [3.63, 3.8) is 0 Å². The molecular formula is C10H20K2MgN2O8. The van der Waals surface area contributed by atoms with E-state index >= 15 is 0 Å². The molecule has 4 N–H and O–H groups in total. The summed E-state index contributed by atoms with van der Waals surface area (Å²) in [5.74, 6) is -4.91. The maximum atomic E-state index is 10.6. The van der Waals surface area contributed by atoms with Crippen LogP contribution in [0.15, 0.2) is 0 Å². The second kappa shape index (κ2) is 18.6. The molecule has 0 aliphatic rings. The maximum Gasteiger partial charge on any atom is 2.00 e. The van der Waals surface area contributed by atoms with Gasteiger partial charge >= 0.3 is 150 Å². The molecule has 0 atom stereocenters. The molecule has 0 radical (unpaired) electrons. The third kappa shape index (κ3) is 21.8. The van der Waals surface area contributed by atoms with Gasteiger partial charge in [0.25, 0.3) is 0 Å². The van der Waals surface area contributed by atoms with Crippen molar-refractivity contribution in [2.24, 2.45) is 0 Å². The topological polar surface area (TPSA) is 156 Å². The summed E-state index contributed by atoms with van der Waals surface area (Å²) in [5.41, 5.74) is 0. The predicted octanol–water partition coefficient (Wildman–Crippen LogP) is -7.99. The Balaban J connectivity index is -0.0000000860. The fourth-order valence-electron chi connectivity index (χ4n) is 1.48. The van der Waals surface area contributed by atoms with Crippen molar-refractivity contribution in [3.8, 4) is 0 Å². The zero-order valence-corrected chi connectivity index (χ0v) is 20.9. The van der Waals surface area contributed by atoms with E-state index < -0.39 is 50.1 Å². The van der Waals surface area contributed by atoms with Gasteiger partial charge in [0, 0.05) is 13.1 Å². The van der Waals surface area contributed by atoms with Gasteiger partial charge in [0.2, 0.25) is 0 Å². The number of aliphatic carboxylic acids is 4. The molecule has 0 aromatic heterocycles. The first kappa shape index (κ1) is 32.5. The standard InChI is InChI=1S/C10H16N2O8.2K.Mg.4H/c13-7(14)3-11(4-8(15)16)1-2-12(5-9(17)18)6-10(19)20;;;;;;;/h1-6H2,(H,13,14)(H,15,16)(H,17,18)(H,19,20);;;;;;;/q;2*+1;+2;4*-1. The zero-order valence-electron chi connectivity index (χ0n) is 17.3. The Morgan fingerprint density at radius 1 is 0.609 bits per heavy atom. The van der Waals surface area contributed by atoms with Crippen molar-refractivity contribution in [2.75, 3.05) is 39.3 Å². The van der Waals surface area contributed by atoms with Crippen LogP contribution in [0.4, 0.5) is 0 Å². The average molecular weight is 399 g/mol. The summed E-state index contributed by atoms with van der Waals surface area (Å²) in [7, 11) is 0. The molecule has 10 nitrogen and oxygen atoms in total. The molecule has 0 aliphatic heterocycles. The summed E-state index contributed by atoms with van der Waals surface area (Å²) in [4.78, 5) is 44.4. The summed E-state index contributed by atoms with van der Waals surface area (Å²) in [5, 5.41) is 34.5. The van der Waals surface area contributed by atoms with Gasteiger partial charge < -0.3 is 26.1 Å². The molecule has 0 saturated heterocycles. The molecular weight excluding hydrogens is 379 g/mol. The van der Waals surface area contributed by atoms with E-state index in [0.717, 1.165) is 9.80 Å². The van der Waals surface area contributed by atoms with Crippen LogP contribution >= 0.6 is 0 Å². The van der Waals surface area contributed by atoms with Crippen molar-refractivity contribution < 1.29 is 148 Å². The van der Waals surface area contributed by atoms with Crippen LogP contribution in [-0.4, -0.2) is 116 Å². The third-order valence-electron chi connectivity index (χ3n) is 2.17. The van der Waals surface area contributed by atoms with Gasteiger partial charge in [-0.05, 0) is 0 Å². The Hall–Kier alpha value is 1.84. The molecule has 0 amide bonds. The van der Waals surface area contributed by atoms with Crippen LogP contribution in [0.1, 0.15) is 5.71 Å². The van der Waals surface area contributed by atoms with Gasteiger partial charge in [0.1, 0.15) is 0 Å². The third-order valence-corrected chi connectivity index (χ3v) is 2.17. The Bertz CT molecular complexity index is 347. The summed E-state index contributed by atoms with van der Waals surface area (Å²) in [6, 6.07) is 0. The molecule has 13 heteroatoms. The number of carbonyl (C=O) groups is 4. The van der Waals surface area contributed by atoms with Crippen molar-refractivity contribution >= 4 is 46.9 Å². The Kier molecular flexibility index (Phi) is 26.3. The van der Waals surface area contributed by atoms with Crippen LogP contribution in [0.2, 0.25) is 0 Å². The number of carboxylic acid groups (broad SMARTS) is 4. The predicted molar refractivity (Wildman–Crippen MR) is 73.6 cm³/mol. The second-order valence-corrected chi connectivity index (χ2v) is 4.00.